The number of nitrogens with one attached hydrogen (secondary N) is 1. The highest BCUT2D eigenvalue weighted by Gasteiger charge is 2.33. The summed E-state index contributed by atoms with van der Waals surface area (Å²) in [6.45, 7) is 0.296. The third-order valence-corrected chi connectivity index (χ3v) is 6.88. The minimum absolute atomic E-state index is 0.111. The molecule has 0 radical (unpaired) electrons. The monoisotopic (exact) mass is 464 g/mol. The first-order valence-corrected chi connectivity index (χ1v) is 12.4. The van der Waals surface area contributed by atoms with Crippen LogP contribution in [-0.4, -0.2) is 22.8 Å². The molecule has 1 heterocycles. The molecule has 1 atom stereocenters. The van der Waals surface area contributed by atoms with Gasteiger partial charge < -0.3 is 10.2 Å². The summed E-state index contributed by atoms with van der Waals surface area (Å²) in [5.41, 5.74) is 2.47. The van der Waals surface area contributed by atoms with Crippen molar-refractivity contribution in [3.05, 3.63) is 93.9 Å². The number of carbonyl (C=O) groups excluding carboxylic acids is 2. The second-order valence-electron chi connectivity index (χ2n) is 8.61. The molecule has 1 fully saturated rings. The summed E-state index contributed by atoms with van der Waals surface area (Å²) < 4.78 is 13.7. The van der Waals surface area contributed by atoms with Gasteiger partial charge in [0, 0.05) is 12.6 Å². The molecule has 1 N–H and O–H groups in total. The Morgan fingerprint density at radius 2 is 1.70 bits per heavy atom. The third-order valence-electron chi connectivity index (χ3n) is 6.15. The molecule has 2 amide bonds. The number of nitrogens with zero attached hydrogens (tertiary/aromatic N) is 1. The molecule has 0 bridgehead atoms. The van der Waals surface area contributed by atoms with E-state index in [1.807, 2.05) is 47.2 Å². The van der Waals surface area contributed by atoms with E-state index in [9.17, 15) is 14.0 Å². The number of hydrogen-bond donors (Lipinski definition) is 1. The van der Waals surface area contributed by atoms with Gasteiger partial charge in [0.2, 0.25) is 11.8 Å². The van der Waals surface area contributed by atoms with Crippen LogP contribution in [0, 0.1) is 5.82 Å². The highest BCUT2D eigenvalue weighted by atomic mass is 32.1. The van der Waals surface area contributed by atoms with Crippen molar-refractivity contribution in [2.75, 3.05) is 0 Å². The molecular formula is C27H29FN2O2S. The highest BCUT2D eigenvalue weighted by molar-refractivity contribution is 7.08. The number of thiophene rings is 1. The van der Waals surface area contributed by atoms with Crippen LogP contribution >= 0.6 is 11.3 Å². The maximum absolute atomic E-state index is 13.7. The van der Waals surface area contributed by atoms with Gasteiger partial charge in [-0.1, -0.05) is 61.7 Å². The van der Waals surface area contributed by atoms with E-state index in [-0.39, 0.29) is 30.1 Å². The molecule has 6 heteroatoms. The molecule has 0 aliphatic heterocycles. The Bertz CT molecular complexity index is 1030. The number of hydrogen-bond acceptors (Lipinski definition) is 3. The molecule has 4 rings (SSSR count). The van der Waals surface area contributed by atoms with Crippen LogP contribution in [0.15, 0.2) is 71.4 Å². The molecule has 4 nitrogen and oxygen atoms in total. The van der Waals surface area contributed by atoms with Gasteiger partial charge in [-0.05, 0) is 58.5 Å². The van der Waals surface area contributed by atoms with Crippen molar-refractivity contribution in [3.63, 3.8) is 0 Å². The van der Waals surface area contributed by atoms with Crippen LogP contribution in [0.5, 0.6) is 0 Å². The maximum Gasteiger partial charge on any atom is 0.247 e. The van der Waals surface area contributed by atoms with Gasteiger partial charge in [-0.25, -0.2) is 4.39 Å². The van der Waals surface area contributed by atoms with E-state index in [4.69, 9.17) is 0 Å². The van der Waals surface area contributed by atoms with Crippen LogP contribution in [0.1, 0.15) is 54.8 Å². The number of carbonyl (C=O) groups is 2. The van der Waals surface area contributed by atoms with Crippen molar-refractivity contribution < 1.29 is 14.0 Å². The Kier molecular flexibility index (Phi) is 7.89. The van der Waals surface area contributed by atoms with Crippen LogP contribution in [0.4, 0.5) is 4.39 Å². The first-order chi connectivity index (χ1) is 16.1. The molecule has 0 unspecified atom stereocenters. The minimum atomic E-state index is -0.834. The number of amides is 2. The predicted octanol–water partition coefficient (Wildman–Crippen LogP) is 5.65. The fourth-order valence-electron chi connectivity index (χ4n) is 4.42. The molecule has 33 heavy (non-hydrogen) atoms. The average molecular weight is 465 g/mol. The second-order valence-corrected chi connectivity index (χ2v) is 9.39. The zero-order valence-electron chi connectivity index (χ0n) is 18.6. The standard InChI is InChI=1S/C27H29FN2O2S/c28-23-13-11-22(12-14-23)26(27(32)29-24-9-5-2-6-10-24)30(18-20-7-3-1-4-8-20)25(31)17-21-15-16-33-19-21/h1,3-4,7-8,11-16,19,24,26H,2,5-6,9-10,17-18H2,(H,29,32)/t26-/m0/s1. The lowest BCUT2D eigenvalue weighted by atomic mass is 9.94. The van der Waals surface area contributed by atoms with Gasteiger partial charge in [-0.15, -0.1) is 0 Å². The van der Waals surface area contributed by atoms with Crippen LogP contribution in [0.3, 0.4) is 0 Å². The molecule has 1 aliphatic rings. The summed E-state index contributed by atoms with van der Waals surface area (Å²) in [5, 5.41) is 7.08. The Labute approximate surface area is 198 Å². The molecule has 3 aromatic rings. The Morgan fingerprint density at radius 1 is 0.970 bits per heavy atom. The van der Waals surface area contributed by atoms with Crippen LogP contribution < -0.4 is 5.32 Å². The fourth-order valence-corrected chi connectivity index (χ4v) is 5.09. The second kappa shape index (κ2) is 11.2. The minimum Gasteiger partial charge on any atom is -0.351 e. The first-order valence-electron chi connectivity index (χ1n) is 11.5. The van der Waals surface area contributed by atoms with Crippen molar-refractivity contribution in [1.29, 1.82) is 0 Å². The number of halogens is 1. The largest absolute Gasteiger partial charge is 0.351 e. The molecule has 172 valence electrons. The summed E-state index contributed by atoms with van der Waals surface area (Å²) in [4.78, 5) is 28.8. The first kappa shape index (κ1) is 23.2. The van der Waals surface area contributed by atoms with E-state index in [1.165, 1.54) is 18.6 Å². The van der Waals surface area contributed by atoms with E-state index in [2.05, 4.69) is 5.32 Å². The quantitative estimate of drug-likeness (QED) is 0.468. The molecule has 0 spiro atoms. The molecule has 1 aliphatic carbocycles. The Hall–Kier alpha value is -2.99. The van der Waals surface area contributed by atoms with Crippen molar-refractivity contribution in [2.45, 2.75) is 57.2 Å². The summed E-state index contributed by atoms with van der Waals surface area (Å²) in [7, 11) is 0. The lowest BCUT2D eigenvalue weighted by Crippen LogP contribution is -2.47. The highest BCUT2D eigenvalue weighted by Crippen LogP contribution is 2.27. The topological polar surface area (TPSA) is 49.4 Å². The van der Waals surface area contributed by atoms with E-state index in [0.717, 1.165) is 36.8 Å². The third kappa shape index (κ3) is 6.29. The summed E-state index contributed by atoms with van der Waals surface area (Å²) in [6.07, 6.45) is 5.48. The molecule has 2 aromatic carbocycles. The fraction of sp³-hybridized carbons (Fsp3) is 0.333. The zero-order chi connectivity index (χ0) is 23.0. The van der Waals surface area contributed by atoms with Crippen LogP contribution in [-0.2, 0) is 22.6 Å². The van der Waals surface area contributed by atoms with Crippen LogP contribution in [0.25, 0.3) is 0 Å². The lowest BCUT2D eigenvalue weighted by Gasteiger charge is -2.33. The van der Waals surface area contributed by atoms with Crippen molar-refractivity contribution in [1.82, 2.24) is 10.2 Å². The normalized spacial score (nSPS) is 15.1. The molecule has 1 saturated carbocycles. The summed E-state index contributed by atoms with van der Waals surface area (Å²) in [6, 6.07) is 16.8. The Morgan fingerprint density at radius 3 is 2.36 bits per heavy atom. The van der Waals surface area contributed by atoms with Gasteiger partial charge in [-0.2, -0.15) is 11.3 Å². The van der Waals surface area contributed by atoms with Crippen molar-refractivity contribution in [3.8, 4) is 0 Å². The summed E-state index contributed by atoms with van der Waals surface area (Å²) in [5.74, 6) is -0.710. The smallest absolute Gasteiger partial charge is 0.247 e. The van der Waals surface area contributed by atoms with Crippen LogP contribution in [0.2, 0.25) is 0 Å². The van der Waals surface area contributed by atoms with Crippen molar-refractivity contribution in [2.24, 2.45) is 0 Å². The van der Waals surface area contributed by atoms with E-state index in [1.54, 1.807) is 28.4 Å². The van der Waals surface area contributed by atoms with Crippen molar-refractivity contribution >= 4 is 23.2 Å². The molecule has 0 saturated heterocycles. The van der Waals surface area contributed by atoms with Gasteiger partial charge in [0.25, 0.3) is 0 Å². The van der Waals surface area contributed by atoms with Gasteiger partial charge in [-0.3, -0.25) is 9.59 Å². The maximum atomic E-state index is 13.7. The van der Waals surface area contributed by atoms with Gasteiger partial charge in [0.05, 0.1) is 6.42 Å². The van der Waals surface area contributed by atoms with Gasteiger partial charge in [0.1, 0.15) is 11.9 Å². The van der Waals surface area contributed by atoms with E-state index < -0.39 is 6.04 Å². The van der Waals surface area contributed by atoms with E-state index >= 15 is 0 Å². The molecule has 1 aromatic heterocycles. The lowest BCUT2D eigenvalue weighted by molar-refractivity contribution is -0.141. The number of rotatable bonds is 8. The Balaban J connectivity index is 1.67. The van der Waals surface area contributed by atoms with Gasteiger partial charge in [0.15, 0.2) is 0 Å². The zero-order valence-corrected chi connectivity index (χ0v) is 19.4. The number of benzene rings is 2. The van der Waals surface area contributed by atoms with Gasteiger partial charge >= 0.3 is 0 Å². The predicted molar refractivity (Wildman–Crippen MR) is 129 cm³/mol. The molecular weight excluding hydrogens is 435 g/mol. The SMILES string of the molecule is O=C(NC1CCCCC1)[C@H](c1ccc(F)cc1)N(Cc1ccccc1)C(=O)Cc1ccsc1. The van der Waals surface area contributed by atoms with E-state index in [0.29, 0.717) is 12.1 Å². The summed E-state index contributed by atoms with van der Waals surface area (Å²) >= 11 is 1.54. The average Bonchev–Trinajstić information content (AvgIpc) is 3.34.